The normalized spacial score (nSPS) is 13.7. The predicted molar refractivity (Wildman–Crippen MR) is 172 cm³/mol. The van der Waals surface area contributed by atoms with E-state index in [9.17, 15) is 26.3 Å². The number of benzene rings is 2. The molecule has 0 unspecified atom stereocenters. The summed E-state index contributed by atoms with van der Waals surface area (Å²) in [5, 5.41) is 0. The molecule has 0 fully saturated rings. The monoisotopic (exact) mass is 700 g/mol. The van der Waals surface area contributed by atoms with E-state index in [1.807, 2.05) is 86.9 Å². The fourth-order valence-electron chi connectivity index (χ4n) is 5.15. The number of rotatable bonds is 18. The predicted octanol–water partition coefficient (Wildman–Crippen LogP) is 9.00. The number of hydrogen-bond donors (Lipinski definition) is 0. The van der Waals surface area contributed by atoms with Gasteiger partial charge in [-0.2, -0.15) is 26.3 Å². The molecular formula is C28H46F6O4Si5. The number of aryl methyl sites for hydroxylation is 2. The van der Waals surface area contributed by atoms with E-state index in [4.69, 9.17) is 16.5 Å². The Morgan fingerprint density at radius 3 is 1.30 bits per heavy atom. The summed E-state index contributed by atoms with van der Waals surface area (Å²) in [7, 11) is -14.3. The van der Waals surface area contributed by atoms with Crippen LogP contribution in [0.25, 0.3) is 0 Å². The third-order valence-corrected chi connectivity index (χ3v) is 24.9. The average molecular weight is 701 g/mol. The zero-order valence-electron chi connectivity index (χ0n) is 26.0. The first-order valence-corrected chi connectivity index (χ1v) is 27.6. The molecule has 0 bridgehead atoms. The average Bonchev–Trinajstić information content (AvgIpc) is 2.88. The minimum atomic E-state index is -4.57. The Hall–Kier alpha value is -1.06. The van der Waals surface area contributed by atoms with Crippen molar-refractivity contribution >= 4 is 43.8 Å². The van der Waals surface area contributed by atoms with Gasteiger partial charge < -0.3 is 16.5 Å². The van der Waals surface area contributed by atoms with Gasteiger partial charge in [-0.05, 0) is 87.4 Å². The first-order chi connectivity index (χ1) is 19.8. The smallest absolute Gasteiger partial charge is 0.389 e. The number of hydrogen-bond acceptors (Lipinski definition) is 4. The van der Waals surface area contributed by atoms with Crippen molar-refractivity contribution in [3.8, 4) is 0 Å². The topological polar surface area (TPSA) is 36.9 Å². The molecule has 2 aromatic carbocycles. The molecule has 0 spiro atoms. The van der Waals surface area contributed by atoms with E-state index >= 15 is 0 Å². The minimum absolute atomic E-state index is 0.360. The Kier molecular flexibility index (Phi) is 14.6. The van der Waals surface area contributed by atoms with Crippen molar-refractivity contribution in [1.82, 2.24) is 0 Å². The molecule has 15 heteroatoms. The highest BCUT2D eigenvalue weighted by atomic mass is 28.5. The van der Waals surface area contributed by atoms with E-state index in [1.165, 1.54) is 0 Å². The molecule has 0 N–H and O–H groups in total. The Bertz CT molecular complexity index is 1010. The zero-order valence-corrected chi connectivity index (χ0v) is 31.3. The van der Waals surface area contributed by atoms with E-state index in [-0.39, 0.29) is 0 Å². The highest BCUT2D eigenvalue weighted by molar-refractivity contribution is 6.89. The van der Waals surface area contributed by atoms with Crippen LogP contribution in [-0.4, -0.2) is 56.1 Å². The molecule has 2 rings (SSSR count). The maximum Gasteiger partial charge on any atom is 0.389 e. The second kappa shape index (κ2) is 16.5. The molecule has 0 saturated heterocycles. The summed E-state index contributed by atoms with van der Waals surface area (Å²) in [6.45, 7) is 11.3. The van der Waals surface area contributed by atoms with Crippen LogP contribution >= 0.6 is 0 Å². The first kappa shape index (κ1) is 38.1. The lowest BCUT2D eigenvalue weighted by Crippen LogP contribution is -2.61. The van der Waals surface area contributed by atoms with Gasteiger partial charge in [0.05, 0.1) is 0 Å². The van der Waals surface area contributed by atoms with Crippen LogP contribution < -0.4 is 0 Å². The zero-order chi connectivity index (χ0) is 32.4. The summed E-state index contributed by atoms with van der Waals surface area (Å²) >= 11 is 0. The molecule has 0 radical (unpaired) electrons. The van der Waals surface area contributed by atoms with Crippen LogP contribution in [0.4, 0.5) is 26.3 Å². The Balaban J connectivity index is 2.68. The lowest BCUT2D eigenvalue weighted by atomic mass is 10.2. The molecular weight excluding hydrogens is 655 g/mol. The lowest BCUT2D eigenvalue weighted by molar-refractivity contribution is -0.133. The maximum atomic E-state index is 13.7. The minimum Gasteiger partial charge on any atom is -0.440 e. The summed E-state index contributed by atoms with van der Waals surface area (Å²) in [5.41, 5.74) is 1.98. The van der Waals surface area contributed by atoms with Gasteiger partial charge in [0.1, 0.15) is 0 Å². The second-order valence-electron chi connectivity index (χ2n) is 12.0. The molecule has 0 aromatic heterocycles. The van der Waals surface area contributed by atoms with Gasteiger partial charge in [-0.1, -0.05) is 60.7 Å². The number of halogens is 6. The van der Waals surface area contributed by atoms with Gasteiger partial charge >= 0.3 is 38.0 Å². The standard InChI is InChI=1S/C28H46F6O4Si5/c1-39(2)35-41(5,6)37-43(21-17-25-13-9-7-10-14-25,22-18-26-15-11-8-12-16-26)38-42(36-40(3)4,23-19-27(29,30)31)24-20-28(32,33)34/h7-16,39-40H,17-24H2,1-6H3. The van der Waals surface area contributed by atoms with Crippen LogP contribution in [0, 0.1) is 0 Å². The van der Waals surface area contributed by atoms with Crippen molar-refractivity contribution in [2.75, 3.05) is 0 Å². The SMILES string of the molecule is C[SiH](C)O[Si](C)(C)O[Si](CCc1ccccc1)(CCc1ccccc1)O[Si](CCC(F)(F)F)(CCC(F)(F)F)O[SiH](C)C. The first-order valence-electron chi connectivity index (χ1n) is 14.8. The summed E-state index contributed by atoms with van der Waals surface area (Å²) in [6, 6.07) is 18.7. The van der Waals surface area contributed by atoms with Gasteiger partial charge in [0.2, 0.25) is 0 Å². The molecule has 244 valence electrons. The summed E-state index contributed by atoms with van der Waals surface area (Å²) in [5.74, 6) is 0. The van der Waals surface area contributed by atoms with Crippen molar-refractivity contribution in [1.29, 1.82) is 0 Å². The molecule has 2 aromatic rings. The quantitative estimate of drug-likeness (QED) is 0.115. The largest absolute Gasteiger partial charge is 0.440 e. The highest BCUT2D eigenvalue weighted by Crippen LogP contribution is 2.39. The van der Waals surface area contributed by atoms with Crippen molar-refractivity contribution in [2.45, 2.75) is 101 Å². The Morgan fingerprint density at radius 1 is 0.558 bits per heavy atom. The summed E-state index contributed by atoms with van der Waals surface area (Å²) in [6.07, 6.45) is -10.7. The van der Waals surface area contributed by atoms with Gasteiger partial charge in [0.15, 0.2) is 18.1 Å². The molecule has 0 aliphatic rings. The van der Waals surface area contributed by atoms with Crippen LogP contribution in [0.15, 0.2) is 60.7 Å². The van der Waals surface area contributed by atoms with Crippen LogP contribution in [0.3, 0.4) is 0 Å². The molecule has 0 heterocycles. The fourth-order valence-corrected chi connectivity index (χ4v) is 27.8. The molecule has 0 saturated carbocycles. The van der Waals surface area contributed by atoms with Crippen molar-refractivity contribution in [3.05, 3.63) is 71.8 Å². The van der Waals surface area contributed by atoms with Crippen molar-refractivity contribution < 1.29 is 42.8 Å². The highest BCUT2D eigenvalue weighted by Gasteiger charge is 2.53. The molecule has 0 atom stereocenters. The van der Waals surface area contributed by atoms with Crippen LogP contribution in [0.2, 0.25) is 63.5 Å². The van der Waals surface area contributed by atoms with Crippen molar-refractivity contribution in [2.24, 2.45) is 0 Å². The third-order valence-electron chi connectivity index (χ3n) is 6.63. The van der Waals surface area contributed by atoms with Crippen molar-refractivity contribution in [3.63, 3.8) is 0 Å². The Morgan fingerprint density at radius 2 is 0.953 bits per heavy atom. The van der Waals surface area contributed by atoms with E-state index in [1.54, 1.807) is 13.1 Å². The molecule has 4 nitrogen and oxygen atoms in total. The molecule has 0 aliphatic carbocycles. The van der Waals surface area contributed by atoms with Crippen LogP contribution in [-0.2, 0) is 29.3 Å². The van der Waals surface area contributed by atoms with E-state index in [0.717, 1.165) is 11.1 Å². The summed E-state index contributed by atoms with van der Waals surface area (Å²) in [4.78, 5) is 0. The molecule has 0 amide bonds. The van der Waals surface area contributed by atoms with Gasteiger partial charge in [-0.3, -0.25) is 0 Å². The fraction of sp³-hybridized carbons (Fsp3) is 0.571. The van der Waals surface area contributed by atoms with Crippen LogP contribution in [0.5, 0.6) is 0 Å². The Labute approximate surface area is 259 Å². The summed E-state index contributed by atoms with van der Waals surface area (Å²) < 4.78 is 108. The van der Waals surface area contributed by atoms with E-state index in [0.29, 0.717) is 24.9 Å². The maximum absolute atomic E-state index is 13.7. The van der Waals surface area contributed by atoms with Gasteiger partial charge in [-0.15, -0.1) is 0 Å². The molecule has 0 aliphatic heterocycles. The van der Waals surface area contributed by atoms with Gasteiger partial charge in [0, 0.05) is 12.8 Å². The number of alkyl halides is 6. The van der Waals surface area contributed by atoms with Gasteiger partial charge in [0.25, 0.3) is 0 Å². The van der Waals surface area contributed by atoms with E-state index in [2.05, 4.69) is 0 Å². The lowest BCUT2D eigenvalue weighted by Gasteiger charge is -2.45. The van der Waals surface area contributed by atoms with Gasteiger partial charge in [-0.25, -0.2) is 0 Å². The second-order valence-corrected chi connectivity index (χ2v) is 28.1. The van der Waals surface area contributed by atoms with Crippen LogP contribution in [0.1, 0.15) is 24.0 Å². The van der Waals surface area contributed by atoms with E-state index < -0.39 is 81.0 Å². The third kappa shape index (κ3) is 15.7. The molecule has 43 heavy (non-hydrogen) atoms.